The van der Waals surface area contributed by atoms with E-state index < -0.39 is 0 Å². The number of methoxy groups -OCH3 is 1. The third-order valence-electron chi connectivity index (χ3n) is 4.54. The van der Waals surface area contributed by atoms with Gasteiger partial charge in [-0.3, -0.25) is 0 Å². The lowest BCUT2D eigenvalue weighted by Crippen LogP contribution is -2.07. The normalized spacial score (nSPS) is 15.5. The zero-order valence-electron chi connectivity index (χ0n) is 15.9. The van der Waals surface area contributed by atoms with Gasteiger partial charge in [0, 0.05) is 11.5 Å². The molecule has 0 atom stereocenters. The van der Waals surface area contributed by atoms with Crippen molar-refractivity contribution in [1.29, 1.82) is 0 Å². The van der Waals surface area contributed by atoms with Crippen LogP contribution in [0, 0.1) is 5.41 Å². The SMILES string of the molecule is COC(=O)c1cc(/C(=C\C=C\c2ccccc2)C(C)(C)C)oc1C1CC1. The van der Waals surface area contributed by atoms with E-state index in [0.29, 0.717) is 11.5 Å². The Bertz CT molecular complexity index is 828. The van der Waals surface area contributed by atoms with Gasteiger partial charge in [0.05, 0.1) is 7.11 Å². The predicted molar refractivity (Wildman–Crippen MR) is 105 cm³/mol. The fraction of sp³-hybridized carbons (Fsp3) is 0.348. The summed E-state index contributed by atoms with van der Waals surface area (Å²) in [7, 11) is 1.41. The molecule has 1 aromatic carbocycles. The number of carbonyl (C=O) groups is 1. The average molecular weight is 350 g/mol. The second kappa shape index (κ2) is 7.36. The van der Waals surface area contributed by atoms with E-state index >= 15 is 0 Å². The number of carbonyl (C=O) groups excluding carboxylic acids is 1. The van der Waals surface area contributed by atoms with E-state index in [4.69, 9.17) is 9.15 Å². The Morgan fingerprint density at radius 2 is 1.88 bits per heavy atom. The Hall–Kier alpha value is -2.55. The van der Waals surface area contributed by atoms with Crippen molar-refractivity contribution in [2.45, 2.75) is 39.5 Å². The lowest BCUT2D eigenvalue weighted by Gasteiger charge is -2.21. The summed E-state index contributed by atoms with van der Waals surface area (Å²) in [5, 5.41) is 0. The molecule has 0 aliphatic heterocycles. The smallest absolute Gasteiger partial charge is 0.341 e. The van der Waals surface area contributed by atoms with Crippen LogP contribution in [0.5, 0.6) is 0 Å². The highest BCUT2D eigenvalue weighted by molar-refractivity contribution is 5.92. The third-order valence-corrected chi connectivity index (χ3v) is 4.54. The van der Waals surface area contributed by atoms with Gasteiger partial charge in [-0.05, 0) is 29.9 Å². The molecule has 3 nitrogen and oxygen atoms in total. The van der Waals surface area contributed by atoms with E-state index in [0.717, 1.165) is 35.5 Å². The fourth-order valence-corrected chi connectivity index (χ4v) is 2.98. The topological polar surface area (TPSA) is 39.4 Å². The Morgan fingerprint density at radius 3 is 2.46 bits per heavy atom. The van der Waals surface area contributed by atoms with Crippen LogP contribution in [0.25, 0.3) is 11.6 Å². The van der Waals surface area contributed by atoms with Gasteiger partial charge in [-0.1, -0.05) is 69.3 Å². The molecule has 0 amide bonds. The van der Waals surface area contributed by atoms with Crippen molar-refractivity contribution in [3.63, 3.8) is 0 Å². The summed E-state index contributed by atoms with van der Waals surface area (Å²) in [6, 6.07) is 12.0. The van der Waals surface area contributed by atoms with Crippen molar-refractivity contribution < 1.29 is 13.9 Å². The molecule has 1 aromatic heterocycles. The first-order valence-corrected chi connectivity index (χ1v) is 9.06. The molecule has 1 heterocycles. The first kappa shape index (κ1) is 18.2. The monoisotopic (exact) mass is 350 g/mol. The molecule has 1 aliphatic carbocycles. The number of furan rings is 1. The molecule has 1 fully saturated rings. The largest absolute Gasteiger partial charge is 0.465 e. The lowest BCUT2D eigenvalue weighted by atomic mass is 9.84. The minimum Gasteiger partial charge on any atom is -0.465 e. The van der Waals surface area contributed by atoms with Gasteiger partial charge in [0.15, 0.2) is 0 Å². The van der Waals surface area contributed by atoms with Crippen molar-refractivity contribution in [3.05, 3.63) is 71.2 Å². The highest BCUT2D eigenvalue weighted by atomic mass is 16.5. The van der Waals surface area contributed by atoms with Crippen LogP contribution in [-0.4, -0.2) is 13.1 Å². The molecule has 0 radical (unpaired) electrons. The third kappa shape index (κ3) is 4.16. The summed E-state index contributed by atoms with van der Waals surface area (Å²) in [6.07, 6.45) is 8.31. The van der Waals surface area contributed by atoms with E-state index in [1.165, 1.54) is 7.11 Å². The molecule has 0 unspecified atom stereocenters. The highest BCUT2D eigenvalue weighted by Crippen LogP contribution is 2.45. The minimum absolute atomic E-state index is 0.118. The summed E-state index contributed by atoms with van der Waals surface area (Å²) >= 11 is 0. The van der Waals surface area contributed by atoms with Crippen LogP contribution in [0.4, 0.5) is 0 Å². The predicted octanol–water partition coefficient (Wildman–Crippen LogP) is 6.09. The quantitative estimate of drug-likeness (QED) is 0.484. The van der Waals surface area contributed by atoms with E-state index in [1.807, 2.05) is 30.3 Å². The molecule has 3 rings (SSSR count). The molecular formula is C23H26O3. The molecule has 136 valence electrons. The van der Waals surface area contributed by atoms with Gasteiger partial charge in [-0.15, -0.1) is 0 Å². The van der Waals surface area contributed by atoms with Crippen molar-refractivity contribution in [2.24, 2.45) is 5.41 Å². The van der Waals surface area contributed by atoms with Crippen LogP contribution in [0.15, 0.2) is 53.0 Å². The number of rotatable bonds is 5. The Kier molecular flexibility index (Phi) is 5.17. The summed E-state index contributed by atoms with van der Waals surface area (Å²) < 4.78 is 11.1. The Labute approximate surface area is 155 Å². The number of hydrogen-bond donors (Lipinski definition) is 0. The van der Waals surface area contributed by atoms with Gasteiger partial charge in [0.1, 0.15) is 17.1 Å². The maximum Gasteiger partial charge on any atom is 0.341 e. The maximum atomic E-state index is 12.1. The number of benzene rings is 1. The number of hydrogen-bond acceptors (Lipinski definition) is 3. The second-order valence-electron chi connectivity index (χ2n) is 7.75. The summed E-state index contributed by atoms with van der Waals surface area (Å²) in [6.45, 7) is 6.44. The molecule has 1 saturated carbocycles. The summed E-state index contributed by atoms with van der Waals surface area (Å²) in [5.74, 6) is 1.54. The molecular weight excluding hydrogens is 324 g/mol. The van der Waals surface area contributed by atoms with Gasteiger partial charge in [-0.25, -0.2) is 4.79 Å². The number of esters is 1. The summed E-state index contributed by atoms with van der Waals surface area (Å²) in [5.41, 5.74) is 2.65. The van der Waals surface area contributed by atoms with Gasteiger partial charge in [-0.2, -0.15) is 0 Å². The van der Waals surface area contributed by atoms with Crippen LogP contribution >= 0.6 is 0 Å². The number of allylic oxidation sites excluding steroid dienone is 3. The molecule has 0 saturated heterocycles. The van der Waals surface area contributed by atoms with Crippen LogP contribution < -0.4 is 0 Å². The summed E-state index contributed by atoms with van der Waals surface area (Å²) in [4.78, 5) is 12.1. The van der Waals surface area contributed by atoms with Gasteiger partial charge in [0.2, 0.25) is 0 Å². The van der Waals surface area contributed by atoms with E-state index in [-0.39, 0.29) is 11.4 Å². The standard InChI is InChI=1S/C23H26O3/c1-23(2,3)19(12-8-11-16-9-6-5-7-10-16)20-15-18(22(24)25-4)21(26-20)17-13-14-17/h5-12,15,17H,13-14H2,1-4H3/b11-8+,19-12+. The lowest BCUT2D eigenvalue weighted by molar-refractivity contribution is 0.0598. The minimum atomic E-state index is -0.324. The molecule has 26 heavy (non-hydrogen) atoms. The van der Waals surface area contributed by atoms with Crippen LogP contribution in [0.2, 0.25) is 0 Å². The zero-order valence-corrected chi connectivity index (χ0v) is 15.9. The molecule has 0 N–H and O–H groups in total. The van der Waals surface area contributed by atoms with Crippen molar-refractivity contribution in [3.8, 4) is 0 Å². The van der Waals surface area contributed by atoms with Crippen molar-refractivity contribution in [1.82, 2.24) is 0 Å². The Balaban J connectivity index is 1.97. The van der Waals surface area contributed by atoms with E-state index in [1.54, 1.807) is 0 Å². The Morgan fingerprint density at radius 1 is 1.19 bits per heavy atom. The first-order chi connectivity index (χ1) is 12.4. The molecule has 2 aromatic rings. The molecule has 1 aliphatic rings. The van der Waals surface area contributed by atoms with Gasteiger partial charge < -0.3 is 9.15 Å². The van der Waals surface area contributed by atoms with Crippen molar-refractivity contribution in [2.75, 3.05) is 7.11 Å². The zero-order chi connectivity index (χ0) is 18.7. The highest BCUT2D eigenvalue weighted by Gasteiger charge is 2.34. The fourth-order valence-electron chi connectivity index (χ4n) is 2.98. The van der Waals surface area contributed by atoms with E-state index in [9.17, 15) is 4.79 Å². The van der Waals surface area contributed by atoms with Crippen LogP contribution in [0.1, 0.15) is 67.0 Å². The maximum absolute atomic E-state index is 12.1. The molecule has 3 heteroatoms. The van der Waals surface area contributed by atoms with E-state index in [2.05, 4.69) is 45.1 Å². The van der Waals surface area contributed by atoms with Crippen molar-refractivity contribution >= 4 is 17.6 Å². The second-order valence-corrected chi connectivity index (χ2v) is 7.75. The first-order valence-electron chi connectivity index (χ1n) is 9.06. The van der Waals surface area contributed by atoms with Gasteiger partial charge in [0.25, 0.3) is 0 Å². The number of ether oxygens (including phenoxy) is 1. The average Bonchev–Trinajstić information content (AvgIpc) is 3.37. The van der Waals surface area contributed by atoms with Crippen LogP contribution in [0.3, 0.4) is 0 Å². The van der Waals surface area contributed by atoms with Crippen LogP contribution in [-0.2, 0) is 4.74 Å². The molecule has 0 spiro atoms. The molecule has 0 bridgehead atoms. The van der Waals surface area contributed by atoms with Gasteiger partial charge >= 0.3 is 5.97 Å².